The highest BCUT2D eigenvalue weighted by atomic mass is 16.5. The molecule has 1 saturated heterocycles. The molecule has 0 bridgehead atoms. The zero-order valence-corrected chi connectivity index (χ0v) is 18.6. The third-order valence-electron chi connectivity index (χ3n) is 6.42. The molecule has 0 aliphatic carbocycles. The topological polar surface area (TPSA) is 142 Å². The highest BCUT2D eigenvalue weighted by Gasteiger charge is 2.24. The summed E-state index contributed by atoms with van der Waals surface area (Å²) in [7, 11) is 0. The van der Waals surface area contributed by atoms with E-state index in [2.05, 4.69) is 10.2 Å². The van der Waals surface area contributed by atoms with Gasteiger partial charge in [-0.1, -0.05) is 6.07 Å². The first-order valence-electron chi connectivity index (χ1n) is 11.1. The van der Waals surface area contributed by atoms with Gasteiger partial charge in [-0.3, -0.25) is 9.89 Å². The first-order valence-corrected chi connectivity index (χ1v) is 11.1. The number of hydrogen-bond acceptors (Lipinski definition) is 7. The number of H-pyrrole nitrogens is 1. The Kier molecular flexibility index (Phi) is 4.66. The number of nitrogen functional groups attached to an aromatic ring is 1. The van der Waals surface area contributed by atoms with Crippen molar-refractivity contribution in [1.82, 2.24) is 15.2 Å². The monoisotopic (exact) mass is 457 g/mol. The van der Waals surface area contributed by atoms with Crippen LogP contribution in [0, 0.1) is 6.92 Å². The van der Waals surface area contributed by atoms with Crippen LogP contribution >= 0.6 is 0 Å². The van der Waals surface area contributed by atoms with Crippen molar-refractivity contribution in [2.24, 2.45) is 5.73 Å². The Morgan fingerprint density at radius 3 is 2.79 bits per heavy atom. The number of anilines is 1. The molecular formula is C25H23N5O4. The lowest BCUT2D eigenvalue weighted by molar-refractivity contribution is 0.0239. The minimum absolute atomic E-state index is 0.0468. The van der Waals surface area contributed by atoms with Gasteiger partial charge in [0.2, 0.25) is 5.88 Å². The van der Waals surface area contributed by atoms with Crippen LogP contribution in [-0.4, -0.2) is 40.4 Å². The van der Waals surface area contributed by atoms with Gasteiger partial charge < -0.3 is 25.4 Å². The molecule has 6 rings (SSSR count). The maximum atomic E-state index is 12.5. The van der Waals surface area contributed by atoms with Crippen molar-refractivity contribution in [2.45, 2.75) is 25.9 Å². The second-order valence-electron chi connectivity index (χ2n) is 8.57. The van der Waals surface area contributed by atoms with E-state index in [9.17, 15) is 4.79 Å². The number of primary amides is 1. The van der Waals surface area contributed by atoms with Crippen molar-refractivity contribution in [1.29, 1.82) is 0 Å². The molecule has 0 atom stereocenters. The van der Waals surface area contributed by atoms with E-state index in [4.69, 9.17) is 30.3 Å². The molecule has 1 aliphatic heterocycles. The van der Waals surface area contributed by atoms with Gasteiger partial charge in [-0.25, -0.2) is 4.98 Å². The summed E-state index contributed by atoms with van der Waals surface area (Å²) in [5.74, 6) is -0.173. The van der Waals surface area contributed by atoms with Gasteiger partial charge >= 0.3 is 0 Å². The zero-order valence-electron chi connectivity index (χ0n) is 18.6. The number of benzene rings is 2. The predicted molar refractivity (Wildman–Crippen MR) is 129 cm³/mol. The summed E-state index contributed by atoms with van der Waals surface area (Å²) in [5, 5.41) is 8.69. The minimum Gasteiger partial charge on any atom is -0.474 e. The number of nitrogens with two attached hydrogens (primary N) is 2. The molecule has 1 aliphatic rings. The van der Waals surface area contributed by atoms with E-state index in [0.717, 1.165) is 34.9 Å². The van der Waals surface area contributed by atoms with Crippen LogP contribution in [0.25, 0.3) is 44.1 Å². The van der Waals surface area contributed by atoms with Crippen LogP contribution in [0.4, 0.5) is 5.69 Å². The first kappa shape index (κ1) is 20.5. The second-order valence-corrected chi connectivity index (χ2v) is 8.57. The zero-order chi connectivity index (χ0) is 23.4. The van der Waals surface area contributed by atoms with Crippen LogP contribution in [0.15, 0.2) is 40.9 Å². The number of nitrogens with one attached hydrogen (secondary N) is 1. The van der Waals surface area contributed by atoms with Crippen LogP contribution in [0.5, 0.6) is 5.88 Å². The van der Waals surface area contributed by atoms with Gasteiger partial charge in [-0.15, -0.1) is 0 Å². The quantitative estimate of drug-likeness (QED) is 0.345. The molecule has 172 valence electrons. The Morgan fingerprint density at radius 2 is 2.00 bits per heavy atom. The van der Waals surface area contributed by atoms with Gasteiger partial charge in [-0.05, 0) is 36.2 Å². The molecule has 2 aromatic carbocycles. The number of rotatable bonds is 4. The molecule has 3 aromatic heterocycles. The Hall–Kier alpha value is -4.11. The fraction of sp³-hybridized carbons (Fsp3) is 0.240. The number of furan rings is 1. The number of carbonyl (C=O) groups is 1. The maximum Gasteiger partial charge on any atom is 0.254 e. The third-order valence-corrected chi connectivity index (χ3v) is 6.42. The van der Waals surface area contributed by atoms with Crippen molar-refractivity contribution >= 4 is 44.6 Å². The molecule has 1 amide bonds. The van der Waals surface area contributed by atoms with Crippen LogP contribution in [0.2, 0.25) is 0 Å². The van der Waals surface area contributed by atoms with Gasteiger partial charge in [0.25, 0.3) is 5.91 Å². The fourth-order valence-electron chi connectivity index (χ4n) is 4.74. The summed E-state index contributed by atoms with van der Waals surface area (Å²) in [4.78, 5) is 17.3. The van der Waals surface area contributed by atoms with E-state index in [0.29, 0.717) is 46.7 Å². The van der Waals surface area contributed by atoms with Crippen molar-refractivity contribution < 1.29 is 18.7 Å². The van der Waals surface area contributed by atoms with Crippen LogP contribution < -0.4 is 16.2 Å². The molecule has 0 radical (unpaired) electrons. The maximum absolute atomic E-state index is 12.5. The smallest absolute Gasteiger partial charge is 0.254 e. The van der Waals surface area contributed by atoms with Crippen molar-refractivity contribution in [2.75, 3.05) is 18.9 Å². The SMILES string of the molecule is Cc1ccc2[nH]ncc2c1-c1cc2c(oc3ccc(OC4CCOCC4)nc32)c(C(N)=O)c1N. The highest BCUT2D eigenvalue weighted by Crippen LogP contribution is 2.42. The molecule has 0 spiro atoms. The summed E-state index contributed by atoms with van der Waals surface area (Å²) in [5.41, 5.74) is 17.5. The van der Waals surface area contributed by atoms with Gasteiger partial charge in [0.15, 0.2) is 11.2 Å². The number of carbonyl (C=O) groups excluding carboxylic acids is 1. The number of pyridine rings is 1. The number of amides is 1. The molecular weight excluding hydrogens is 434 g/mol. The largest absolute Gasteiger partial charge is 0.474 e. The molecule has 9 heteroatoms. The Balaban J connectivity index is 1.60. The van der Waals surface area contributed by atoms with Gasteiger partial charge in [0.1, 0.15) is 17.2 Å². The average Bonchev–Trinajstić information content (AvgIpc) is 3.43. The van der Waals surface area contributed by atoms with E-state index < -0.39 is 5.91 Å². The van der Waals surface area contributed by atoms with Crippen LogP contribution in [-0.2, 0) is 4.74 Å². The standard InChI is InChI=1S/C25H23N5O4/c1-12-2-3-17-16(11-28-30-17)20(12)14-10-15-23-18(34-24(15)21(22(14)26)25(27)31)4-5-19(29-23)33-13-6-8-32-9-7-13/h2-5,10-11,13H,6-9,26H2,1H3,(H2,27,31)(H,28,30). The normalized spacial score (nSPS) is 14.9. The number of hydrogen-bond donors (Lipinski definition) is 3. The highest BCUT2D eigenvalue weighted by molar-refractivity contribution is 6.18. The van der Waals surface area contributed by atoms with Crippen molar-refractivity contribution in [3.63, 3.8) is 0 Å². The molecule has 5 aromatic rings. The van der Waals surface area contributed by atoms with E-state index in [1.165, 1.54) is 0 Å². The lowest BCUT2D eigenvalue weighted by atomic mass is 9.92. The number of fused-ring (bicyclic) bond motifs is 4. The summed E-state index contributed by atoms with van der Waals surface area (Å²) in [6.07, 6.45) is 3.42. The summed E-state index contributed by atoms with van der Waals surface area (Å²) >= 11 is 0. The molecule has 34 heavy (non-hydrogen) atoms. The first-order chi connectivity index (χ1) is 16.5. The number of nitrogens with zero attached hydrogens (tertiary/aromatic N) is 2. The van der Waals surface area contributed by atoms with Crippen LogP contribution in [0.1, 0.15) is 28.8 Å². The lowest BCUT2D eigenvalue weighted by Crippen LogP contribution is -2.26. The van der Waals surface area contributed by atoms with Crippen molar-refractivity contribution in [3.05, 3.63) is 47.7 Å². The van der Waals surface area contributed by atoms with Gasteiger partial charge in [0.05, 0.1) is 30.6 Å². The summed E-state index contributed by atoms with van der Waals surface area (Å²) in [6.45, 7) is 3.33. The van der Waals surface area contributed by atoms with E-state index >= 15 is 0 Å². The third kappa shape index (κ3) is 3.16. The van der Waals surface area contributed by atoms with E-state index in [1.807, 2.05) is 25.1 Å². The number of aryl methyl sites for hydroxylation is 1. The van der Waals surface area contributed by atoms with E-state index in [1.54, 1.807) is 18.3 Å². The number of ether oxygens (including phenoxy) is 2. The Morgan fingerprint density at radius 1 is 1.18 bits per heavy atom. The van der Waals surface area contributed by atoms with Crippen molar-refractivity contribution in [3.8, 4) is 17.0 Å². The molecule has 9 nitrogen and oxygen atoms in total. The van der Waals surface area contributed by atoms with Crippen LogP contribution in [0.3, 0.4) is 0 Å². The summed E-state index contributed by atoms with van der Waals surface area (Å²) < 4.78 is 17.5. The molecule has 0 saturated carbocycles. The number of aromatic amines is 1. The molecule has 4 heterocycles. The Labute approximate surface area is 194 Å². The predicted octanol–water partition coefficient (Wildman–Crippen LogP) is 4.07. The molecule has 1 fully saturated rings. The molecule has 5 N–H and O–H groups in total. The minimum atomic E-state index is -0.667. The molecule has 0 unspecified atom stereocenters. The van der Waals surface area contributed by atoms with Gasteiger partial charge in [-0.2, -0.15) is 5.10 Å². The van der Waals surface area contributed by atoms with E-state index in [-0.39, 0.29) is 17.4 Å². The fourth-order valence-corrected chi connectivity index (χ4v) is 4.74. The Bertz CT molecular complexity index is 1580. The average molecular weight is 457 g/mol. The number of aromatic nitrogens is 3. The van der Waals surface area contributed by atoms with Gasteiger partial charge in [0, 0.05) is 35.2 Å². The summed E-state index contributed by atoms with van der Waals surface area (Å²) in [6, 6.07) is 9.40. The second kappa shape index (κ2) is 7.74. The lowest BCUT2D eigenvalue weighted by Gasteiger charge is -2.22.